The maximum atomic E-state index is 13.2. The molecule has 0 radical (unpaired) electrons. The summed E-state index contributed by atoms with van der Waals surface area (Å²) in [5.41, 5.74) is 1.12. The van der Waals surface area contributed by atoms with Gasteiger partial charge in [0.15, 0.2) is 11.6 Å². The summed E-state index contributed by atoms with van der Waals surface area (Å²) in [6, 6.07) is 5.18. The molecule has 2 aromatic rings. The monoisotopic (exact) mass is 347 g/mol. The van der Waals surface area contributed by atoms with Crippen molar-refractivity contribution >= 4 is 5.91 Å². The van der Waals surface area contributed by atoms with Crippen LogP contribution in [-0.4, -0.2) is 29.1 Å². The molecule has 1 atom stereocenters. The molecular formula is C18H19F2N3O2. The van der Waals surface area contributed by atoms with E-state index in [1.807, 2.05) is 0 Å². The second-order valence-corrected chi connectivity index (χ2v) is 6.02. The number of benzene rings is 1. The molecular weight excluding hydrogens is 328 g/mol. The van der Waals surface area contributed by atoms with Gasteiger partial charge in [-0.15, -0.1) is 0 Å². The Bertz CT molecular complexity index is 749. The van der Waals surface area contributed by atoms with Crippen LogP contribution in [0.4, 0.5) is 8.78 Å². The van der Waals surface area contributed by atoms with Crippen LogP contribution in [0.25, 0.3) is 0 Å². The maximum absolute atomic E-state index is 13.2. The van der Waals surface area contributed by atoms with Crippen molar-refractivity contribution in [3.8, 4) is 0 Å². The Morgan fingerprint density at radius 1 is 1.28 bits per heavy atom. The minimum Gasteiger partial charge on any atom is -0.381 e. The number of nitrogens with one attached hydrogen (secondary N) is 1. The highest BCUT2D eigenvalue weighted by molar-refractivity contribution is 5.78. The number of hydrogen-bond donors (Lipinski definition) is 1. The molecule has 1 N–H and O–H groups in total. The third-order valence-electron chi connectivity index (χ3n) is 4.07. The van der Waals surface area contributed by atoms with Crippen LogP contribution in [0.5, 0.6) is 0 Å². The number of hydrogen-bond acceptors (Lipinski definition) is 4. The number of nitrogens with zero attached hydrogens (tertiary/aromatic N) is 2. The van der Waals surface area contributed by atoms with Crippen LogP contribution in [0.1, 0.15) is 35.8 Å². The first-order chi connectivity index (χ1) is 12.1. The molecule has 1 aromatic carbocycles. The molecule has 0 saturated carbocycles. The molecule has 7 heteroatoms. The van der Waals surface area contributed by atoms with Gasteiger partial charge in [0.2, 0.25) is 5.91 Å². The van der Waals surface area contributed by atoms with Gasteiger partial charge < -0.3 is 10.1 Å². The van der Waals surface area contributed by atoms with Crippen molar-refractivity contribution in [2.45, 2.75) is 31.7 Å². The SMILES string of the molecule is O=C(Cc1ccc(F)c(F)c1)NCc1ccnc([C@@H]2CCCOC2)n1. The highest BCUT2D eigenvalue weighted by atomic mass is 19.2. The average molecular weight is 347 g/mol. The van der Waals surface area contributed by atoms with Crippen LogP contribution in [-0.2, 0) is 22.5 Å². The zero-order chi connectivity index (χ0) is 17.6. The fourth-order valence-corrected chi connectivity index (χ4v) is 2.74. The highest BCUT2D eigenvalue weighted by Crippen LogP contribution is 2.22. The number of halogens is 2. The first kappa shape index (κ1) is 17.4. The fraction of sp³-hybridized carbons (Fsp3) is 0.389. The predicted molar refractivity (Wildman–Crippen MR) is 86.7 cm³/mol. The largest absolute Gasteiger partial charge is 0.381 e. The lowest BCUT2D eigenvalue weighted by molar-refractivity contribution is -0.120. The Labute approximate surface area is 144 Å². The molecule has 0 spiro atoms. The van der Waals surface area contributed by atoms with Gasteiger partial charge in [0.1, 0.15) is 5.82 Å². The Kier molecular flexibility index (Phi) is 5.65. The Morgan fingerprint density at radius 3 is 2.92 bits per heavy atom. The van der Waals surface area contributed by atoms with Crippen LogP contribution in [0.3, 0.4) is 0 Å². The number of carbonyl (C=O) groups is 1. The molecule has 3 rings (SSSR count). The van der Waals surface area contributed by atoms with Crippen molar-refractivity contribution in [2.75, 3.05) is 13.2 Å². The van der Waals surface area contributed by atoms with Gasteiger partial charge in [-0.1, -0.05) is 6.07 Å². The summed E-state index contributed by atoms with van der Waals surface area (Å²) in [6.07, 6.45) is 3.63. The lowest BCUT2D eigenvalue weighted by Gasteiger charge is -2.20. The summed E-state index contributed by atoms with van der Waals surface area (Å²) in [6.45, 7) is 1.65. The van der Waals surface area contributed by atoms with E-state index in [9.17, 15) is 13.6 Å². The minimum atomic E-state index is -0.958. The van der Waals surface area contributed by atoms with E-state index >= 15 is 0 Å². The molecule has 1 fully saturated rings. The molecule has 1 aromatic heterocycles. The third-order valence-corrected chi connectivity index (χ3v) is 4.07. The van der Waals surface area contributed by atoms with Crippen molar-refractivity contribution in [1.29, 1.82) is 0 Å². The molecule has 1 aliphatic rings. The Morgan fingerprint density at radius 2 is 2.16 bits per heavy atom. The van der Waals surface area contributed by atoms with Crippen LogP contribution < -0.4 is 5.32 Å². The Hall–Kier alpha value is -2.41. The second kappa shape index (κ2) is 8.11. The summed E-state index contributed by atoms with van der Waals surface area (Å²) in [5.74, 6) is -1.25. The molecule has 0 aliphatic carbocycles. The molecule has 2 heterocycles. The summed E-state index contributed by atoms with van der Waals surface area (Å²) in [4.78, 5) is 20.8. The van der Waals surface area contributed by atoms with Crippen LogP contribution in [0.15, 0.2) is 30.5 Å². The van der Waals surface area contributed by atoms with Crippen LogP contribution in [0.2, 0.25) is 0 Å². The Balaban J connectivity index is 1.55. The molecule has 1 saturated heterocycles. The van der Waals surface area contributed by atoms with Gasteiger partial charge in [0.25, 0.3) is 0 Å². The fourth-order valence-electron chi connectivity index (χ4n) is 2.74. The van der Waals surface area contributed by atoms with E-state index in [4.69, 9.17) is 4.74 Å². The number of aromatic nitrogens is 2. The van der Waals surface area contributed by atoms with Crippen molar-refractivity contribution in [3.05, 3.63) is 59.2 Å². The van der Waals surface area contributed by atoms with Crippen molar-refractivity contribution < 1.29 is 18.3 Å². The van der Waals surface area contributed by atoms with E-state index < -0.39 is 11.6 Å². The summed E-state index contributed by atoms with van der Waals surface area (Å²) < 4.78 is 31.5. The third kappa shape index (κ3) is 4.79. The van der Waals surface area contributed by atoms with Crippen LogP contribution >= 0.6 is 0 Å². The normalized spacial score (nSPS) is 17.3. The average Bonchev–Trinajstić information content (AvgIpc) is 2.64. The summed E-state index contributed by atoms with van der Waals surface area (Å²) in [5, 5.41) is 2.73. The maximum Gasteiger partial charge on any atom is 0.224 e. The summed E-state index contributed by atoms with van der Waals surface area (Å²) >= 11 is 0. The molecule has 0 unspecified atom stereocenters. The quantitative estimate of drug-likeness (QED) is 0.903. The lowest BCUT2D eigenvalue weighted by atomic mass is 10.0. The van der Waals surface area contributed by atoms with E-state index in [1.54, 1.807) is 12.3 Å². The minimum absolute atomic E-state index is 0.0222. The number of amides is 1. The van der Waals surface area contributed by atoms with Gasteiger partial charge in [0.05, 0.1) is 25.3 Å². The van der Waals surface area contributed by atoms with E-state index in [0.717, 1.165) is 37.4 Å². The van der Waals surface area contributed by atoms with E-state index in [2.05, 4.69) is 15.3 Å². The molecule has 132 valence electrons. The number of rotatable bonds is 5. The van der Waals surface area contributed by atoms with Gasteiger partial charge in [-0.25, -0.2) is 18.7 Å². The van der Waals surface area contributed by atoms with Crippen LogP contribution in [0, 0.1) is 11.6 Å². The molecule has 1 amide bonds. The standard InChI is InChI=1S/C18H19F2N3O2/c19-15-4-3-12(8-16(15)20)9-17(24)22-10-14-5-6-21-18(23-14)13-2-1-7-25-11-13/h3-6,8,13H,1-2,7,9-11H2,(H,22,24)/t13-/m1/s1. The van der Waals surface area contributed by atoms with Crippen molar-refractivity contribution in [3.63, 3.8) is 0 Å². The van der Waals surface area contributed by atoms with E-state index in [1.165, 1.54) is 6.07 Å². The first-order valence-electron chi connectivity index (χ1n) is 8.22. The molecule has 1 aliphatic heterocycles. The van der Waals surface area contributed by atoms with Gasteiger partial charge in [-0.05, 0) is 36.6 Å². The number of ether oxygens (including phenoxy) is 1. The van der Waals surface area contributed by atoms with Gasteiger partial charge >= 0.3 is 0 Å². The zero-order valence-corrected chi connectivity index (χ0v) is 13.7. The van der Waals surface area contributed by atoms with E-state index in [-0.39, 0.29) is 24.8 Å². The predicted octanol–water partition coefficient (Wildman–Crippen LogP) is 2.51. The molecule has 25 heavy (non-hydrogen) atoms. The molecule has 5 nitrogen and oxygen atoms in total. The zero-order valence-electron chi connectivity index (χ0n) is 13.7. The first-order valence-corrected chi connectivity index (χ1v) is 8.22. The lowest BCUT2D eigenvalue weighted by Crippen LogP contribution is -2.26. The summed E-state index contributed by atoms with van der Waals surface area (Å²) in [7, 11) is 0. The van der Waals surface area contributed by atoms with Gasteiger partial charge in [0, 0.05) is 18.7 Å². The van der Waals surface area contributed by atoms with Gasteiger partial charge in [-0.3, -0.25) is 4.79 Å². The van der Waals surface area contributed by atoms with Gasteiger partial charge in [-0.2, -0.15) is 0 Å². The highest BCUT2D eigenvalue weighted by Gasteiger charge is 2.19. The van der Waals surface area contributed by atoms with Crippen molar-refractivity contribution in [2.24, 2.45) is 0 Å². The topological polar surface area (TPSA) is 64.1 Å². The van der Waals surface area contributed by atoms with Crippen molar-refractivity contribution in [1.82, 2.24) is 15.3 Å². The second-order valence-electron chi connectivity index (χ2n) is 6.02. The number of carbonyl (C=O) groups excluding carboxylic acids is 1. The smallest absolute Gasteiger partial charge is 0.224 e. The van der Waals surface area contributed by atoms with E-state index in [0.29, 0.717) is 17.9 Å². The molecule has 0 bridgehead atoms.